The summed E-state index contributed by atoms with van der Waals surface area (Å²) in [5.74, 6) is 0.507. The van der Waals surface area contributed by atoms with Crippen LogP contribution >= 0.6 is 0 Å². The van der Waals surface area contributed by atoms with E-state index in [9.17, 15) is 13.2 Å². The van der Waals surface area contributed by atoms with E-state index in [0.717, 1.165) is 12.3 Å². The number of nitrogens with zero attached hydrogens (tertiary/aromatic N) is 3. The number of hydrogen-bond donors (Lipinski definition) is 1. The van der Waals surface area contributed by atoms with E-state index < -0.39 is 17.8 Å². The van der Waals surface area contributed by atoms with Crippen LogP contribution in [0, 0.1) is 6.92 Å². The molecule has 0 aromatic carbocycles. The molecule has 0 saturated heterocycles. The molecule has 0 saturated carbocycles. The van der Waals surface area contributed by atoms with Crippen LogP contribution in [0.5, 0.6) is 0 Å². The summed E-state index contributed by atoms with van der Waals surface area (Å²) in [5.41, 5.74) is -0.160. The van der Waals surface area contributed by atoms with Gasteiger partial charge in [-0.05, 0) is 25.6 Å². The number of halogens is 3. The summed E-state index contributed by atoms with van der Waals surface area (Å²) in [6.45, 7) is 4.02. The second-order valence-corrected chi connectivity index (χ2v) is 4.48. The van der Waals surface area contributed by atoms with E-state index in [1.54, 1.807) is 13.0 Å². The van der Waals surface area contributed by atoms with Crippen LogP contribution in [0.1, 0.15) is 35.6 Å². The van der Waals surface area contributed by atoms with Gasteiger partial charge in [-0.2, -0.15) is 13.2 Å². The van der Waals surface area contributed by atoms with E-state index in [-0.39, 0.29) is 5.56 Å². The van der Waals surface area contributed by atoms with Gasteiger partial charge < -0.3 is 5.32 Å². The van der Waals surface area contributed by atoms with Crippen LogP contribution in [0.25, 0.3) is 0 Å². The lowest BCUT2D eigenvalue weighted by Gasteiger charge is -2.21. The van der Waals surface area contributed by atoms with Crippen LogP contribution < -0.4 is 5.32 Å². The molecule has 0 bridgehead atoms. The predicted molar refractivity (Wildman–Crippen MR) is 71.5 cm³/mol. The summed E-state index contributed by atoms with van der Waals surface area (Å²) in [7, 11) is 0. The average Bonchev–Trinajstić information content (AvgIpc) is 2.44. The zero-order valence-electron chi connectivity index (χ0n) is 11.6. The van der Waals surface area contributed by atoms with Crippen molar-refractivity contribution in [2.24, 2.45) is 0 Å². The number of hydrogen-bond acceptors (Lipinski definition) is 4. The quantitative estimate of drug-likeness (QED) is 0.942. The molecule has 0 amide bonds. The first-order chi connectivity index (χ1) is 9.93. The summed E-state index contributed by atoms with van der Waals surface area (Å²) in [6, 6.07) is 1.91. The van der Waals surface area contributed by atoms with Crippen molar-refractivity contribution >= 4 is 0 Å². The molecule has 0 aliphatic heterocycles. The Hall–Kier alpha value is -2.02. The van der Waals surface area contributed by atoms with Crippen molar-refractivity contribution in [3.63, 3.8) is 0 Å². The fraction of sp³-hybridized carbons (Fsp3) is 0.357. The first-order valence-corrected chi connectivity index (χ1v) is 6.47. The van der Waals surface area contributed by atoms with Gasteiger partial charge in [-0.25, -0.2) is 9.97 Å². The maximum absolute atomic E-state index is 13.2. The van der Waals surface area contributed by atoms with Crippen molar-refractivity contribution in [2.75, 3.05) is 6.54 Å². The lowest BCUT2D eigenvalue weighted by molar-refractivity contribution is -0.138. The van der Waals surface area contributed by atoms with Crippen molar-refractivity contribution in [3.8, 4) is 0 Å². The zero-order chi connectivity index (χ0) is 15.5. The molecule has 4 nitrogen and oxygen atoms in total. The molecule has 0 aliphatic rings. The first kappa shape index (κ1) is 15.4. The van der Waals surface area contributed by atoms with Gasteiger partial charge in [0.05, 0.1) is 17.3 Å². The highest BCUT2D eigenvalue weighted by Crippen LogP contribution is 2.35. The molecule has 112 valence electrons. The van der Waals surface area contributed by atoms with Crippen LogP contribution in [0.3, 0.4) is 0 Å². The highest BCUT2D eigenvalue weighted by molar-refractivity contribution is 5.34. The minimum Gasteiger partial charge on any atom is -0.305 e. The maximum Gasteiger partial charge on any atom is 0.416 e. The fourth-order valence-electron chi connectivity index (χ4n) is 2.11. The Morgan fingerprint density at radius 2 is 2.00 bits per heavy atom. The number of alkyl halides is 3. The van der Waals surface area contributed by atoms with Gasteiger partial charge in [-0.1, -0.05) is 6.92 Å². The molecule has 0 aliphatic carbocycles. The van der Waals surface area contributed by atoms with Crippen LogP contribution in [0.15, 0.2) is 30.7 Å². The predicted octanol–water partition coefficient (Wildman–Crippen LogP) is 2.90. The van der Waals surface area contributed by atoms with Gasteiger partial charge in [0.25, 0.3) is 0 Å². The molecule has 0 spiro atoms. The van der Waals surface area contributed by atoms with Gasteiger partial charge in [0, 0.05) is 24.2 Å². The molecule has 1 N–H and O–H groups in total. The molecular weight excluding hydrogens is 281 g/mol. The number of nitrogens with one attached hydrogen (secondary N) is 1. The number of pyridine rings is 1. The Labute approximate surface area is 120 Å². The van der Waals surface area contributed by atoms with E-state index in [1.807, 2.05) is 6.92 Å². The summed E-state index contributed by atoms with van der Waals surface area (Å²) >= 11 is 0. The maximum atomic E-state index is 13.2. The second kappa shape index (κ2) is 6.17. The summed E-state index contributed by atoms with van der Waals surface area (Å²) in [6.07, 6.45) is -0.534. The largest absolute Gasteiger partial charge is 0.416 e. The Morgan fingerprint density at radius 1 is 1.24 bits per heavy atom. The smallest absolute Gasteiger partial charge is 0.305 e. The van der Waals surface area contributed by atoms with Gasteiger partial charge >= 0.3 is 6.18 Å². The number of aromatic nitrogens is 3. The Bertz CT molecular complexity index is 613. The number of aryl methyl sites for hydroxylation is 1. The minimum atomic E-state index is -4.44. The standard InChI is InChI=1S/C14H15F3N4/c1-3-19-13(12-5-7-20-9(2)21-12)10-8-18-6-4-11(10)14(15,16)17/h4-8,13,19H,3H2,1-2H3. The van der Waals surface area contributed by atoms with Gasteiger partial charge in [-0.15, -0.1) is 0 Å². The zero-order valence-corrected chi connectivity index (χ0v) is 11.6. The van der Waals surface area contributed by atoms with E-state index in [4.69, 9.17) is 0 Å². The minimum absolute atomic E-state index is 0.0601. The number of rotatable bonds is 4. The van der Waals surface area contributed by atoms with Crippen LogP contribution in [-0.2, 0) is 6.18 Å². The van der Waals surface area contributed by atoms with Crippen LogP contribution in [0.2, 0.25) is 0 Å². The second-order valence-electron chi connectivity index (χ2n) is 4.48. The van der Waals surface area contributed by atoms with Crippen molar-refractivity contribution in [1.29, 1.82) is 0 Å². The SMILES string of the molecule is CCNC(c1ccnc(C)n1)c1cnccc1C(F)(F)F. The third kappa shape index (κ3) is 3.55. The van der Waals surface area contributed by atoms with Gasteiger partial charge in [0.1, 0.15) is 5.82 Å². The van der Waals surface area contributed by atoms with Gasteiger partial charge in [-0.3, -0.25) is 4.98 Å². The molecule has 2 heterocycles. The van der Waals surface area contributed by atoms with Gasteiger partial charge in [0.15, 0.2) is 0 Å². The lowest BCUT2D eigenvalue weighted by atomic mass is 9.99. The average molecular weight is 296 g/mol. The Balaban J connectivity index is 2.54. The monoisotopic (exact) mass is 296 g/mol. The summed E-state index contributed by atoms with van der Waals surface area (Å²) in [4.78, 5) is 12.0. The first-order valence-electron chi connectivity index (χ1n) is 6.47. The highest BCUT2D eigenvalue weighted by Gasteiger charge is 2.35. The van der Waals surface area contributed by atoms with E-state index in [1.165, 1.54) is 12.4 Å². The third-order valence-corrected chi connectivity index (χ3v) is 2.97. The van der Waals surface area contributed by atoms with E-state index in [0.29, 0.717) is 18.1 Å². The van der Waals surface area contributed by atoms with Crippen LogP contribution in [-0.4, -0.2) is 21.5 Å². The van der Waals surface area contributed by atoms with Crippen molar-refractivity contribution in [1.82, 2.24) is 20.3 Å². The molecule has 1 atom stereocenters. The highest BCUT2D eigenvalue weighted by atomic mass is 19.4. The normalized spacial score (nSPS) is 13.2. The summed E-state index contributed by atoms with van der Waals surface area (Å²) in [5, 5.41) is 3.02. The van der Waals surface area contributed by atoms with Crippen molar-refractivity contribution in [3.05, 3.63) is 53.4 Å². The van der Waals surface area contributed by atoms with Gasteiger partial charge in [0.2, 0.25) is 0 Å². The molecule has 21 heavy (non-hydrogen) atoms. The topological polar surface area (TPSA) is 50.7 Å². The molecule has 2 aromatic heterocycles. The van der Waals surface area contributed by atoms with E-state index in [2.05, 4.69) is 20.3 Å². The fourth-order valence-corrected chi connectivity index (χ4v) is 2.11. The lowest BCUT2D eigenvalue weighted by Crippen LogP contribution is -2.26. The van der Waals surface area contributed by atoms with E-state index >= 15 is 0 Å². The summed E-state index contributed by atoms with van der Waals surface area (Å²) < 4.78 is 39.5. The molecule has 2 aromatic rings. The van der Waals surface area contributed by atoms with Crippen molar-refractivity contribution in [2.45, 2.75) is 26.1 Å². The Morgan fingerprint density at radius 3 is 2.62 bits per heavy atom. The molecule has 1 unspecified atom stereocenters. The van der Waals surface area contributed by atoms with Crippen molar-refractivity contribution < 1.29 is 13.2 Å². The third-order valence-electron chi connectivity index (χ3n) is 2.97. The molecular formula is C14H15F3N4. The molecule has 0 fully saturated rings. The molecule has 7 heteroatoms. The van der Waals surface area contributed by atoms with Crippen LogP contribution in [0.4, 0.5) is 13.2 Å². The molecule has 0 radical (unpaired) electrons. The Kier molecular flexibility index (Phi) is 4.52. The molecule has 2 rings (SSSR count).